The van der Waals surface area contributed by atoms with Crippen molar-refractivity contribution in [2.45, 2.75) is 40.0 Å². The number of nitro groups is 1. The van der Waals surface area contributed by atoms with E-state index in [2.05, 4.69) is 29.2 Å². The number of nitrogens with zero attached hydrogens (tertiary/aromatic N) is 4. The number of aryl methyl sites for hydroxylation is 1. The van der Waals surface area contributed by atoms with Crippen LogP contribution in [0, 0.1) is 22.5 Å². The molecule has 0 aliphatic carbocycles. The Morgan fingerprint density at radius 3 is 2.57 bits per heavy atom. The van der Waals surface area contributed by atoms with Gasteiger partial charge in [0, 0.05) is 13.1 Å². The fraction of sp³-hybridized carbons (Fsp3) is 0.692. The molecule has 0 bridgehead atoms. The highest BCUT2D eigenvalue weighted by atomic mass is 16.6. The molecule has 2 rings (SSSR count). The van der Waals surface area contributed by atoms with Gasteiger partial charge in [-0.15, -0.1) is 0 Å². The van der Waals surface area contributed by atoms with Gasteiger partial charge in [0.25, 0.3) is 0 Å². The van der Waals surface area contributed by atoms with Crippen LogP contribution in [0.25, 0.3) is 0 Å². The summed E-state index contributed by atoms with van der Waals surface area (Å²) in [6.07, 6.45) is 3.13. The normalized spacial score (nSPS) is 17.0. The van der Waals surface area contributed by atoms with Gasteiger partial charge in [0.15, 0.2) is 0 Å². The molecule has 0 radical (unpaired) electrons. The molecule has 0 unspecified atom stereocenters. The molecule has 0 aromatic carbocycles. The molecule has 1 aromatic heterocycles. The topological polar surface area (TPSA) is 110 Å². The Kier molecular flexibility index (Phi) is 4.26. The van der Waals surface area contributed by atoms with Gasteiger partial charge < -0.3 is 4.90 Å². The summed E-state index contributed by atoms with van der Waals surface area (Å²) >= 11 is 0. The lowest BCUT2D eigenvalue weighted by Gasteiger charge is -2.26. The fourth-order valence-electron chi connectivity index (χ4n) is 2.99. The van der Waals surface area contributed by atoms with Crippen LogP contribution in [-0.4, -0.2) is 28.0 Å². The van der Waals surface area contributed by atoms with E-state index in [4.69, 9.17) is 5.84 Å². The molecule has 0 spiro atoms. The van der Waals surface area contributed by atoms with Crippen molar-refractivity contribution in [1.29, 1.82) is 0 Å². The standard InChI is InChI=1S/C13H22N6O2/c1-4-13(5-2)6-7-18(8-13)11-10(19(20)21)9(3)15-12(16-11)17-14/h4-8,14H2,1-3H3,(H,15,16,17). The first-order valence-corrected chi connectivity index (χ1v) is 7.21. The van der Waals surface area contributed by atoms with Crippen molar-refractivity contribution in [3.63, 3.8) is 0 Å². The molecule has 116 valence electrons. The number of hydrogen-bond acceptors (Lipinski definition) is 7. The van der Waals surface area contributed by atoms with Crippen LogP contribution in [0.3, 0.4) is 0 Å². The fourth-order valence-corrected chi connectivity index (χ4v) is 2.99. The van der Waals surface area contributed by atoms with E-state index in [9.17, 15) is 10.1 Å². The molecular formula is C13H22N6O2. The summed E-state index contributed by atoms with van der Waals surface area (Å²) in [6.45, 7) is 7.48. The first-order valence-electron chi connectivity index (χ1n) is 7.21. The second-order valence-electron chi connectivity index (χ2n) is 5.58. The molecule has 2 heterocycles. The maximum atomic E-state index is 11.3. The van der Waals surface area contributed by atoms with E-state index in [0.717, 1.165) is 32.4 Å². The quantitative estimate of drug-likeness (QED) is 0.485. The zero-order chi connectivity index (χ0) is 15.6. The lowest BCUT2D eigenvalue weighted by atomic mass is 9.82. The van der Waals surface area contributed by atoms with E-state index >= 15 is 0 Å². The smallest absolute Gasteiger partial charge is 0.332 e. The summed E-state index contributed by atoms with van der Waals surface area (Å²) in [5, 5.41) is 11.3. The van der Waals surface area contributed by atoms with Gasteiger partial charge in [-0.25, -0.2) is 10.8 Å². The molecular weight excluding hydrogens is 272 g/mol. The first kappa shape index (κ1) is 15.4. The third-order valence-corrected chi connectivity index (χ3v) is 4.59. The molecule has 1 aliphatic rings. The van der Waals surface area contributed by atoms with E-state index < -0.39 is 4.92 Å². The largest absolute Gasteiger partial charge is 0.350 e. The molecule has 1 fully saturated rings. The van der Waals surface area contributed by atoms with Crippen molar-refractivity contribution in [3.8, 4) is 0 Å². The number of nitrogen functional groups attached to an aromatic ring is 1. The maximum Gasteiger partial charge on any atom is 0.332 e. The van der Waals surface area contributed by atoms with Crippen LogP contribution in [0.1, 0.15) is 38.8 Å². The van der Waals surface area contributed by atoms with Crippen LogP contribution in [-0.2, 0) is 0 Å². The summed E-state index contributed by atoms with van der Waals surface area (Å²) < 4.78 is 0. The second-order valence-corrected chi connectivity index (χ2v) is 5.58. The SMILES string of the molecule is CCC1(CC)CCN(c2nc(NN)nc(C)c2[N+](=O)[O-])C1. The zero-order valence-corrected chi connectivity index (χ0v) is 12.7. The second kappa shape index (κ2) is 5.80. The highest BCUT2D eigenvalue weighted by Gasteiger charge is 2.38. The molecule has 8 nitrogen and oxygen atoms in total. The Balaban J connectivity index is 2.44. The van der Waals surface area contributed by atoms with Gasteiger partial charge in [0.1, 0.15) is 5.69 Å². The van der Waals surface area contributed by atoms with Crippen molar-refractivity contribution in [3.05, 3.63) is 15.8 Å². The van der Waals surface area contributed by atoms with Gasteiger partial charge in [0.2, 0.25) is 11.8 Å². The van der Waals surface area contributed by atoms with Crippen LogP contribution in [0.2, 0.25) is 0 Å². The highest BCUT2D eigenvalue weighted by molar-refractivity contribution is 5.63. The van der Waals surface area contributed by atoms with Crippen molar-refractivity contribution in [2.75, 3.05) is 23.4 Å². The van der Waals surface area contributed by atoms with Gasteiger partial charge in [-0.05, 0) is 31.6 Å². The maximum absolute atomic E-state index is 11.3. The number of aromatic nitrogens is 2. The van der Waals surface area contributed by atoms with E-state index in [0.29, 0.717) is 11.5 Å². The average molecular weight is 294 g/mol. The van der Waals surface area contributed by atoms with Crippen LogP contribution < -0.4 is 16.2 Å². The number of hydrogen-bond donors (Lipinski definition) is 2. The van der Waals surface area contributed by atoms with Crippen molar-refractivity contribution in [1.82, 2.24) is 9.97 Å². The zero-order valence-electron chi connectivity index (χ0n) is 12.7. The molecule has 1 saturated heterocycles. The summed E-state index contributed by atoms with van der Waals surface area (Å²) in [4.78, 5) is 21.2. The third-order valence-electron chi connectivity index (χ3n) is 4.59. The highest BCUT2D eigenvalue weighted by Crippen LogP contribution is 2.41. The predicted octanol–water partition coefficient (Wildman–Crippen LogP) is 2.00. The van der Waals surface area contributed by atoms with Gasteiger partial charge >= 0.3 is 5.69 Å². The minimum atomic E-state index is -0.414. The molecule has 1 aliphatic heterocycles. The Morgan fingerprint density at radius 1 is 1.43 bits per heavy atom. The van der Waals surface area contributed by atoms with E-state index in [1.54, 1.807) is 6.92 Å². The van der Waals surface area contributed by atoms with E-state index in [-0.39, 0.29) is 17.1 Å². The Bertz CT molecular complexity index is 544. The van der Waals surface area contributed by atoms with Crippen LogP contribution in [0.4, 0.5) is 17.5 Å². The van der Waals surface area contributed by atoms with Gasteiger partial charge in [0.05, 0.1) is 4.92 Å². The molecule has 0 amide bonds. The minimum Gasteiger partial charge on any atom is -0.350 e. The number of nitrogens with one attached hydrogen (secondary N) is 1. The first-order chi connectivity index (χ1) is 9.96. The third kappa shape index (κ3) is 2.76. The Hall–Kier alpha value is -1.96. The van der Waals surface area contributed by atoms with Gasteiger partial charge in [-0.1, -0.05) is 13.8 Å². The number of rotatable bonds is 5. The van der Waals surface area contributed by atoms with Crippen molar-refractivity contribution in [2.24, 2.45) is 11.3 Å². The summed E-state index contributed by atoms with van der Waals surface area (Å²) in [6, 6.07) is 0. The minimum absolute atomic E-state index is 0.0305. The summed E-state index contributed by atoms with van der Waals surface area (Å²) in [5.74, 6) is 5.93. The average Bonchev–Trinajstić information content (AvgIpc) is 2.91. The number of nitrogens with two attached hydrogens (primary N) is 1. The van der Waals surface area contributed by atoms with Crippen LogP contribution in [0.5, 0.6) is 0 Å². The van der Waals surface area contributed by atoms with E-state index in [1.807, 2.05) is 4.90 Å². The summed E-state index contributed by atoms with van der Waals surface area (Å²) in [7, 11) is 0. The van der Waals surface area contributed by atoms with Crippen molar-refractivity contribution < 1.29 is 4.92 Å². The van der Waals surface area contributed by atoms with Gasteiger partial charge in [-0.2, -0.15) is 4.98 Å². The van der Waals surface area contributed by atoms with E-state index in [1.165, 1.54) is 0 Å². The predicted molar refractivity (Wildman–Crippen MR) is 81.1 cm³/mol. The Labute approximate surface area is 123 Å². The molecule has 21 heavy (non-hydrogen) atoms. The van der Waals surface area contributed by atoms with Crippen LogP contribution >= 0.6 is 0 Å². The summed E-state index contributed by atoms with van der Waals surface area (Å²) in [5.41, 5.74) is 2.88. The Morgan fingerprint density at radius 2 is 2.10 bits per heavy atom. The molecule has 3 N–H and O–H groups in total. The number of hydrazine groups is 1. The molecule has 8 heteroatoms. The lowest BCUT2D eigenvalue weighted by molar-refractivity contribution is -0.385. The molecule has 1 aromatic rings. The van der Waals surface area contributed by atoms with Gasteiger partial charge in [-0.3, -0.25) is 15.5 Å². The monoisotopic (exact) mass is 294 g/mol. The lowest BCUT2D eigenvalue weighted by Crippen LogP contribution is -2.28. The molecule has 0 atom stereocenters. The van der Waals surface area contributed by atoms with Crippen LogP contribution in [0.15, 0.2) is 0 Å². The van der Waals surface area contributed by atoms with Crippen molar-refractivity contribution >= 4 is 17.5 Å². The number of anilines is 2. The molecule has 0 saturated carbocycles.